The Labute approximate surface area is 109 Å². The Balaban J connectivity index is 1.84. The van der Waals surface area contributed by atoms with Crippen LogP contribution in [0, 0.1) is 5.82 Å². The number of halogens is 1. The molecule has 1 saturated heterocycles. The summed E-state index contributed by atoms with van der Waals surface area (Å²) in [5.74, 6) is -0.242. The Morgan fingerprint density at radius 2 is 2.17 bits per heavy atom. The number of hydrogen-bond acceptors (Lipinski definition) is 3. The summed E-state index contributed by atoms with van der Waals surface area (Å²) in [6.07, 6.45) is 6.62. The highest BCUT2D eigenvalue weighted by molar-refractivity contribution is 5.45. The van der Waals surface area contributed by atoms with Crippen molar-refractivity contribution in [2.75, 3.05) is 31.6 Å². The van der Waals surface area contributed by atoms with Gasteiger partial charge in [-0.1, -0.05) is 0 Å². The molecule has 2 heterocycles. The molecule has 0 aliphatic carbocycles. The number of hydrogen-bond donors (Lipinski definition) is 0. The fourth-order valence-electron chi connectivity index (χ4n) is 2.54. The minimum Gasteiger partial charge on any atom is -0.372 e. The second kappa shape index (κ2) is 6.14. The molecule has 0 spiro atoms. The average molecular weight is 251 g/mol. The Morgan fingerprint density at radius 3 is 2.83 bits per heavy atom. The molecule has 1 atom stereocenters. The van der Waals surface area contributed by atoms with Crippen LogP contribution in [-0.4, -0.2) is 42.6 Å². The molecule has 0 saturated carbocycles. The second-order valence-corrected chi connectivity index (χ2v) is 5.13. The molecular formula is C14H22FN3. The molecule has 18 heavy (non-hydrogen) atoms. The SMILES string of the molecule is CC(CCN(C)c1ccncc1F)N1CCCC1. The van der Waals surface area contributed by atoms with E-state index in [-0.39, 0.29) is 5.82 Å². The van der Waals surface area contributed by atoms with Gasteiger partial charge < -0.3 is 9.80 Å². The molecule has 0 bridgehead atoms. The molecule has 2 rings (SSSR count). The third-order valence-corrected chi connectivity index (χ3v) is 3.81. The summed E-state index contributed by atoms with van der Waals surface area (Å²) in [6.45, 7) is 5.57. The number of rotatable bonds is 5. The zero-order valence-electron chi connectivity index (χ0n) is 11.3. The number of aromatic nitrogens is 1. The number of anilines is 1. The lowest BCUT2D eigenvalue weighted by Gasteiger charge is -2.27. The van der Waals surface area contributed by atoms with E-state index in [1.807, 2.05) is 11.9 Å². The van der Waals surface area contributed by atoms with Gasteiger partial charge in [-0.15, -0.1) is 0 Å². The van der Waals surface area contributed by atoms with Crippen LogP contribution in [0.2, 0.25) is 0 Å². The smallest absolute Gasteiger partial charge is 0.164 e. The maximum atomic E-state index is 13.6. The van der Waals surface area contributed by atoms with Crippen molar-refractivity contribution in [1.82, 2.24) is 9.88 Å². The van der Waals surface area contributed by atoms with Crippen molar-refractivity contribution in [2.45, 2.75) is 32.2 Å². The maximum absolute atomic E-state index is 13.6. The van der Waals surface area contributed by atoms with E-state index in [1.165, 1.54) is 32.1 Å². The minimum absolute atomic E-state index is 0.242. The van der Waals surface area contributed by atoms with Crippen molar-refractivity contribution in [3.8, 4) is 0 Å². The molecule has 1 aromatic rings. The molecule has 1 aromatic heterocycles. The van der Waals surface area contributed by atoms with Crippen molar-refractivity contribution < 1.29 is 4.39 Å². The van der Waals surface area contributed by atoms with Gasteiger partial charge in [-0.3, -0.25) is 4.98 Å². The van der Waals surface area contributed by atoms with Gasteiger partial charge in [0.1, 0.15) is 0 Å². The quantitative estimate of drug-likeness (QED) is 0.801. The van der Waals surface area contributed by atoms with Crippen LogP contribution in [0.4, 0.5) is 10.1 Å². The monoisotopic (exact) mass is 251 g/mol. The van der Waals surface area contributed by atoms with E-state index in [0.29, 0.717) is 11.7 Å². The van der Waals surface area contributed by atoms with Crippen LogP contribution >= 0.6 is 0 Å². The lowest BCUT2D eigenvalue weighted by molar-refractivity contribution is 0.249. The Hall–Kier alpha value is -1.16. The summed E-state index contributed by atoms with van der Waals surface area (Å²) in [4.78, 5) is 8.28. The molecular weight excluding hydrogens is 229 g/mol. The average Bonchev–Trinajstić information content (AvgIpc) is 2.90. The fraction of sp³-hybridized carbons (Fsp3) is 0.643. The van der Waals surface area contributed by atoms with E-state index in [1.54, 1.807) is 12.3 Å². The summed E-state index contributed by atoms with van der Waals surface area (Å²) in [7, 11) is 1.94. The zero-order valence-corrected chi connectivity index (χ0v) is 11.3. The van der Waals surface area contributed by atoms with Crippen LogP contribution in [0.1, 0.15) is 26.2 Å². The Kier molecular flexibility index (Phi) is 4.53. The van der Waals surface area contributed by atoms with E-state index in [0.717, 1.165) is 13.0 Å². The van der Waals surface area contributed by atoms with Gasteiger partial charge in [0.15, 0.2) is 5.82 Å². The predicted octanol–water partition coefficient (Wildman–Crippen LogP) is 2.53. The summed E-state index contributed by atoms with van der Waals surface area (Å²) in [6, 6.07) is 2.32. The first-order valence-corrected chi connectivity index (χ1v) is 6.73. The van der Waals surface area contributed by atoms with Crippen LogP contribution in [0.3, 0.4) is 0 Å². The van der Waals surface area contributed by atoms with Crippen molar-refractivity contribution in [2.24, 2.45) is 0 Å². The Morgan fingerprint density at radius 1 is 1.44 bits per heavy atom. The van der Waals surface area contributed by atoms with Gasteiger partial charge in [-0.05, 0) is 45.3 Å². The summed E-state index contributed by atoms with van der Waals surface area (Å²) < 4.78 is 13.6. The molecule has 1 unspecified atom stereocenters. The third-order valence-electron chi connectivity index (χ3n) is 3.81. The number of likely N-dealkylation sites (tertiary alicyclic amines) is 1. The maximum Gasteiger partial charge on any atom is 0.164 e. The van der Waals surface area contributed by atoms with E-state index in [2.05, 4.69) is 16.8 Å². The van der Waals surface area contributed by atoms with Gasteiger partial charge in [-0.2, -0.15) is 0 Å². The molecule has 0 aromatic carbocycles. The first-order chi connectivity index (χ1) is 8.68. The fourth-order valence-corrected chi connectivity index (χ4v) is 2.54. The number of pyridine rings is 1. The topological polar surface area (TPSA) is 19.4 Å². The Bertz CT molecular complexity index is 377. The second-order valence-electron chi connectivity index (χ2n) is 5.13. The van der Waals surface area contributed by atoms with Crippen LogP contribution < -0.4 is 4.90 Å². The summed E-state index contributed by atoms with van der Waals surface area (Å²) in [5.41, 5.74) is 0.638. The van der Waals surface area contributed by atoms with E-state index < -0.39 is 0 Å². The zero-order chi connectivity index (χ0) is 13.0. The van der Waals surface area contributed by atoms with E-state index in [4.69, 9.17) is 0 Å². The highest BCUT2D eigenvalue weighted by Crippen LogP contribution is 2.18. The molecule has 100 valence electrons. The van der Waals surface area contributed by atoms with E-state index >= 15 is 0 Å². The van der Waals surface area contributed by atoms with Crippen LogP contribution in [-0.2, 0) is 0 Å². The molecule has 1 fully saturated rings. The van der Waals surface area contributed by atoms with Crippen molar-refractivity contribution in [1.29, 1.82) is 0 Å². The summed E-state index contributed by atoms with van der Waals surface area (Å²) in [5, 5.41) is 0. The normalized spacial score (nSPS) is 17.9. The standard InChI is InChI=1S/C14H22FN3/c1-12(18-8-3-4-9-18)6-10-17(2)14-5-7-16-11-13(14)15/h5,7,11-12H,3-4,6,8-10H2,1-2H3. The van der Waals surface area contributed by atoms with Crippen LogP contribution in [0.15, 0.2) is 18.5 Å². The molecule has 0 amide bonds. The first kappa shape index (κ1) is 13.3. The highest BCUT2D eigenvalue weighted by Gasteiger charge is 2.18. The molecule has 0 N–H and O–H groups in total. The first-order valence-electron chi connectivity index (χ1n) is 6.73. The van der Waals surface area contributed by atoms with Crippen LogP contribution in [0.25, 0.3) is 0 Å². The highest BCUT2D eigenvalue weighted by atomic mass is 19.1. The number of nitrogens with zero attached hydrogens (tertiary/aromatic N) is 3. The van der Waals surface area contributed by atoms with Crippen LogP contribution in [0.5, 0.6) is 0 Å². The summed E-state index contributed by atoms with van der Waals surface area (Å²) >= 11 is 0. The predicted molar refractivity (Wildman–Crippen MR) is 72.4 cm³/mol. The van der Waals surface area contributed by atoms with Crippen molar-refractivity contribution >= 4 is 5.69 Å². The van der Waals surface area contributed by atoms with Crippen molar-refractivity contribution in [3.63, 3.8) is 0 Å². The lowest BCUT2D eigenvalue weighted by atomic mass is 10.2. The van der Waals surface area contributed by atoms with E-state index in [9.17, 15) is 4.39 Å². The van der Waals surface area contributed by atoms with Gasteiger partial charge in [0.05, 0.1) is 11.9 Å². The lowest BCUT2D eigenvalue weighted by Crippen LogP contribution is -2.33. The van der Waals surface area contributed by atoms with Gasteiger partial charge >= 0.3 is 0 Å². The largest absolute Gasteiger partial charge is 0.372 e. The van der Waals surface area contributed by atoms with Gasteiger partial charge in [0.2, 0.25) is 0 Å². The van der Waals surface area contributed by atoms with Gasteiger partial charge in [0.25, 0.3) is 0 Å². The molecule has 1 aliphatic heterocycles. The van der Waals surface area contributed by atoms with Gasteiger partial charge in [0, 0.05) is 25.8 Å². The molecule has 1 aliphatic rings. The molecule has 4 heteroatoms. The third kappa shape index (κ3) is 3.19. The van der Waals surface area contributed by atoms with Gasteiger partial charge in [-0.25, -0.2) is 4.39 Å². The molecule has 3 nitrogen and oxygen atoms in total. The molecule has 0 radical (unpaired) electrons. The minimum atomic E-state index is -0.242. The van der Waals surface area contributed by atoms with Crippen molar-refractivity contribution in [3.05, 3.63) is 24.3 Å².